The Hall–Kier alpha value is -12.7. The van der Waals surface area contributed by atoms with Crippen LogP contribution in [-0.4, -0.2) is 258 Å². The molecule has 44 nitrogen and oxygen atoms in total. The van der Waals surface area contributed by atoms with E-state index in [1.165, 1.54) is 24.3 Å². The first-order valence-electron chi connectivity index (χ1n) is 36.9. The minimum Gasteiger partial charge on any atom is -0.481 e. The molecule has 1 aromatic heterocycles. The number of carboxylic acid groups (broad SMARTS) is 5. The summed E-state index contributed by atoms with van der Waals surface area (Å²) in [6.45, 7) is 1.60. The molecule has 0 aliphatic carbocycles. The van der Waals surface area contributed by atoms with Gasteiger partial charge in [0.15, 0.2) is 5.78 Å². The van der Waals surface area contributed by atoms with Crippen molar-refractivity contribution in [3.05, 3.63) is 65.9 Å². The molecule has 0 bridgehead atoms. The molecule has 0 saturated heterocycles. The Bertz CT molecular complexity index is 4020. The lowest BCUT2D eigenvalue weighted by molar-refractivity contribution is -0.143. The number of aromatic nitrogens is 1. The van der Waals surface area contributed by atoms with E-state index in [9.17, 15) is 132 Å². The molecule has 3 rings (SSSR count). The lowest BCUT2D eigenvalue weighted by Crippen LogP contribution is -2.61. The number of anilines is 1. The summed E-state index contributed by atoms with van der Waals surface area (Å²) >= 11 is 0. The average Bonchev–Trinajstić information content (AvgIpc) is 1.68. The number of carbonyl (C=O) groups is 20. The van der Waals surface area contributed by atoms with Crippen LogP contribution in [0.25, 0.3) is 10.9 Å². The predicted octanol–water partition coefficient (Wildman–Crippen LogP) is -6.10. The molecule has 0 saturated carbocycles. The number of para-hydroxylation sites is 2. The number of hydrogen-bond acceptors (Lipinski definition) is 24. The van der Waals surface area contributed by atoms with Gasteiger partial charge in [0, 0.05) is 47.6 Å². The van der Waals surface area contributed by atoms with Crippen molar-refractivity contribution >= 4 is 135 Å². The molecule has 2 aromatic carbocycles. The van der Waals surface area contributed by atoms with Gasteiger partial charge < -0.3 is 127 Å². The molecular formula is C72H103N17O27. The van der Waals surface area contributed by atoms with Gasteiger partial charge in [-0.25, -0.2) is 4.79 Å². The highest BCUT2D eigenvalue weighted by Gasteiger charge is 2.39. The number of carboxylic acids is 5. The number of fused-ring (bicyclic) bond motifs is 1. The molecule has 13 atom stereocenters. The maximum absolute atomic E-state index is 14.1. The number of carbonyl (C=O) groups excluding carboxylic acids is 15. The zero-order valence-electron chi connectivity index (χ0n) is 64.1. The maximum Gasteiger partial charge on any atom is 0.326 e. The first-order valence-corrected chi connectivity index (χ1v) is 36.9. The Labute approximate surface area is 663 Å². The number of aromatic amines is 1. The molecule has 0 fully saturated rings. The first kappa shape index (κ1) is 97.5. The molecule has 14 amide bonds. The molecule has 0 aliphatic heterocycles. The molecule has 27 N–H and O–H groups in total. The van der Waals surface area contributed by atoms with E-state index in [4.69, 9.17) is 17.2 Å². The van der Waals surface area contributed by atoms with Crippen molar-refractivity contribution in [2.45, 2.75) is 209 Å². The number of Topliss-reactive ketones (excluding diaryl/α,β-unsaturated/α-hetero) is 1. The van der Waals surface area contributed by atoms with Crippen LogP contribution in [-0.2, 0) is 97.5 Å². The fourth-order valence-corrected chi connectivity index (χ4v) is 11.4. The molecule has 0 spiro atoms. The normalized spacial score (nSPS) is 14.3. The van der Waals surface area contributed by atoms with Crippen LogP contribution in [0.4, 0.5) is 5.69 Å². The van der Waals surface area contributed by atoms with Crippen LogP contribution in [0.1, 0.15) is 146 Å². The van der Waals surface area contributed by atoms with Crippen LogP contribution in [0.3, 0.4) is 0 Å². The zero-order valence-corrected chi connectivity index (χ0v) is 64.1. The maximum atomic E-state index is 14.1. The number of ketones is 1. The van der Waals surface area contributed by atoms with Gasteiger partial charge in [0.05, 0.1) is 57.9 Å². The second-order valence-electron chi connectivity index (χ2n) is 27.2. The Kier molecular flexibility index (Phi) is 41.7. The number of rotatable bonds is 55. The quantitative estimate of drug-likeness (QED) is 0.0142. The van der Waals surface area contributed by atoms with Crippen LogP contribution < -0.4 is 86.3 Å². The predicted molar refractivity (Wildman–Crippen MR) is 404 cm³/mol. The van der Waals surface area contributed by atoms with Crippen molar-refractivity contribution in [2.75, 3.05) is 32.0 Å². The summed E-state index contributed by atoms with van der Waals surface area (Å²) in [5, 5.41) is 97.9. The summed E-state index contributed by atoms with van der Waals surface area (Å²) in [6.07, 6.45) is -0.693. The van der Waals surface area contributed by atoms with Crippen LogP contribution in [0.2, 0.25) is 0 Å². The first-order chi connectivity index (χ1) is 54.7. The largest absolute Gasteiger partial charge is 0.481 e. The Morgan fingerprint density at radius 1 is 0.440 bits per heavy atom. The summed E-state index contributed by atoms with van der Waals surface area (Å²) in [4.78, 5) is 265. The number of hydrogen-bond donors (Lipinski definition) is 24. The average molecular weight is 1640 g/mol. The Morgan fingerprint density at radius 2 is 0.897 bits per heavy atom. The van der Waals surface area contributed by atoms with Crippen molar-refractivity contribution in [3.63, 3.8) is 0 Å². The number of primary amides is 1. The number of amides is 14. The topological polar surface area (TPSA) is 733 Å². The van der Waals surface area contributed by atoms with Crippen LogP contribution in [0, 0.1) is 5.92 Å². The Balaban J connectivity index is 1.70. The smallest absolute Gasteiger partial charge is 0.326 e. The second-order valence-corrected chi connectivity index (χ2v) is 27.2. The summed E-state index contributed by atoms with van der Waals surface area (Å²) in [6, 6.07) is -8.39. The highest BCUT2D eigenvalue weighted by Crippen LogP contribution is 2.21. The molecule has 638 valence electrons. The van der Waals surface area contributed by atoms with E-state index in [0.717, 1.165) is 59.3 Å². The van der Waals surface area contributed by atoms with Crippen LogP contribution >= 0.6 is 0 Å². The highest BCUT2D eigenvalue weighted by atomic mass is 16.4. The highest BCUT2D eigenvalue weighted by molar-refractivity contribution is 6.05. The lowest BCUT2D eigenvalue weighted by Gasteiger charge is -2.27. The van der Waals surface area contributed by atoms with Gasteiger partial charge in [0.25, 0.3) is 0 Å². The molecule has 1 heterocycles. The Morgan fingerprint density at radius 3 is 1.44 bits per heavy atom. The van der Waals surface area contributed by atoms with E-state index in [2.05, 4.69) is 65.1 Å². The number of aliphatic hydroxyl groups is 2. The van der Waals surface area contributed by atoms with Gasteiger partial charge in [0.1, 0.15) is 66.5 Å². The monoisotopic (exact) mass is 1640 g/mol. The summed E-state index contributed by atoms with van der Waals surface area (Å²) < 4.78 is 0. The van der Waals surface area contributed by atoms with E-state index in [-0.39, 0.29) is 43.5 Å². The van der Waals surface area contributed by atoms with Gasteiger partial charge in [-0.05, 0) is 69.3 Å². The molecule has 116 heavy (non-hydrogen) atoms. The third-order valence-electron chi connectivity index (χ3n) is 17.6. The fourth-order valence-electron chi connectivity index (χ4n) is 11.4. The van der Waals surface area contributed by atoms with Crippen molar-refractivity contribution in [3.8, 4) is 0 Å². The van der Waals surface area contributed by atoms with Gasteiger partial charge in [-0.1, -0.05) is 82.7 Å². The van der Waals surface area contributed by atoms with E-state index in [1.807, 2.05) is 16.0 Å². The molecule has 3 aromatic rings. The standard InChI is InChI=1S/C72H103N17O27/c1-5-6-7-8-9-10-11-22-53(94)81-44(25-38-31-76-42-20-15-13-17-39(38)42)66(109)84-45(27-52(75)93)67(110)86-48(30-59(103)104)68(111)89-61(37(4)91)70(113)78-33-54(95)80-43(21-16-23-73)64(107)85-47(29-58(101)102)65(108)79-36(3)62(105)83-46(28-57(99)100)63(106)77-32-55(96)82-50(34-90)69(112)88-60(35(2)24-56(97)98)71(114)87-49(72(115)116)26-51(92)40-18-12-14-19-41(40)74/h12-15,17-20,31,35-37,43-50,60-61,76,90-91H,5-11,16,21-30,32-34,73-74H2,1-4H3,(H2,75,93)(H,77,106)(H,78,113)(H,79,108)(H,80,95)(H,81,94)(H,82,96)(H,83,105)(H,84,109)(H,85,107)(H,86,110)(H,87,114)(H,88,112)(H,89,111)(H,97,98)(H,99,100)(H,101,102)(H,103,104)(H,115,116)/t35-,36+,37+,43-,44-,45+,46+,47-,48-,49-,50+,60-,61-/m0/s1. The molecule has 0 aliphatic rings. The SMILES string of the molecule is CCCCCCCCCC(=O)N[C@@H](Cc1c[nH]c2ccccc12)C(=O)N[C@H](CC(N)=O)C(=O)N[C@@H](CC(=O)O)C(=O)N[C@H](C(=O)NCC(=O)N[C@@H](CCCN)C(=O)N[C@@H](CC(=O)O)C(=O)N[C@H](C)C(=O)N[C@H](CC(=O)O)C(=O)NCC(=O)N[C@H](CO)C(=O)N[C@H](C(=O)N[C@@H](CC(=O)c1ccccc1N)C(=O)O)[C@@H](C)CC(=O)O)[C@@H](C)O. The van der Waals surface area contributed by atoms with E-state index >= 15 is 0 Å². The van der Waals surface area contributed by atoms with Gasteiger partial charge >= 0.3 is 29.8 Å². The third-order valence-corrected chi connectivity index (χ3v) is 17.6. The van der Waals surface area contributed by atoms with Gasteiger partial charge in [0.2, 0.25) is 82.7 Å². The summed E-state index contributed by atoms with van der Waals surface area (Å²) in [5.41, 5.74) is 18.1. The molecule has 0 unspecified atom stereocenters. The minimum absolute atomic E-state index is 0.0168. The minimum atomic E-state index is -2.13. The molecular weight excluding hydrogens is 1530 g/mol. The number of benzene rings is 2. The lowest BCUT2D eigenvalue weighted by atomic mass is 9.96. The number of H-pyrrole nitrogens is 1. The molecule has 44 heteroatoms. The number of unbranched alkanes of at least 4 members (excludes halogenated alkanes) is 6. The van der Waals surface area contributed by atoms with E-state index in [0.29, 0.717) is 22.9 Å². The van der Waals surface area contributed by atoms with Crippen LogP contribution in [0.15, 0.2) is 54.7 Å². The van der Waals surface area contributed by atoms with E-state index in [1.54, 1.807) is 30.5 Å². The number of aliphatic carboxylic acids is 5. The third kappa shape index (κ3) is 34.7. The van der Waals surface area contributed by atoms with Crippen molar-refractivity contribution in [2.24, 2.45) is 17.4 Å². The van der Waals surface area contributed by atoms with Crippen molar-refractivity contribution in [1.29, 1.82) is 0 Å². The van der Waals surface area contributed by atoms with Gasteiger partial charge in [-0.2, -0.15) is 0 Å². The fraction of sp³-hybridized carbons (Fsp3) is 0.528. The van der Waals surface area contributed by atoms with Crippen molar-refractivity contribution in [1.82, 2.24) is 74.1 Å². The van der Waals surface area contributed by atoms with Crippen LogP contribution in [0.5, 0.6) is 0 Å². The summed E-state index contributed by atoms with van der Waals surface area (Å²) in [5.74, 6) is -27.9. The zero-order chi connectivity index (χ0) is 87.1. The number of aliphatic hydroxyl groups excluding tert-OH is 2. The second kappa shape index (κ2) is 49.7. The van der Waals surface area contributed by atoms with E-state index < -0.39 is 255 Å². The van der Waals surface area contributed by atoms with Crippen molar-refractivity contribution < 1.29 is 132 Å². The number of nitrogen functional groups attached to an aromatic ring is 1. The number of nitrogens with one attached hydrogen (secondary N) is 14. The van der Waals surface area contributed by atoms with Gasteiger partial charge in [-0.15, -0.1) is 0 Å². The molecule has 0 radical (unpaired) electrons. The van der Waals surface area contributed by atoms with Gasteiger partial charge in [-0.3, -0.25) is 91.1 Å². The summed E-state index contributed by atoms with van der Waals surface area (Å²) in [7, 11) is 0. The number of nitrogens with two attached hydrogens (primary N) is 3.